The first-order chi connectivity index (χ1) is 22.9. The average molecular weight is 660 g/mol. The summed E-state index contributed by atoms with van der Waals surface area (Å²) in [5.74, 6) is -1.87. The van der Waals surface area contributed by atoms with Crippen LogP contribution in [0.5, 0.6) is 0 Å². The van der Waals surface area contributed by atoms with Crippen LogP contribution in [0.2, 0.25) is 0 Å². The first-order valence-corrected chi connectivity index (χ1v) is 16.0. The van der Waals surface area contributed by atoms with E-state index in [2.05, 4.69) is 16.9 Å². The van der Waals surface area contributed by atoms with Crippen LogP contribution in [-0.4, -0.2) is 33.9 Å². The number of fused-ring (bicyclic) bond motifs is 1. The number of aryl methyl sites for hydroxylation is 1. The first kappa shape index (κ1) is 36.0. The molecule has 4 aromatic rings. The summed E-state index contributed by atoms with van der Waals surface area (Å²) in [4.78, 5) is 24.1. The maximum Gasteiger partial charge on any atom is 0.266 e. The Morgan fingerprint density at radius 2 is 1.79 bits per heavy atom. The second kappa shape index (κ2) is 15.8. The van der Waals surface area contributed by atoms with E-state index in [1.165, 1.54) is 16.7 Å². The largest absolute Gasteiger partial charge is 0.377 e. The van der Waals surface area contributed by atoms with E-state index in [0.717, 1.165) is 17.2 Å². The highest BCUT2D eigenvalue weighted by Crippen LogP contribution is 2.35. The number of halogens is 4. The fraction of sp³-hybridized carbons (Fsp3) is 0.316. The number of benzene rings is 3. The van der Waals surface area contributed by atoms with Crippen molar-refractivity contribution in [1.82, 2.24) is 9.55 Å². The summed E-state index contributed by atoms with van der Waals surface area (Å²) < 4.78 is 57.5. The normalized spacial score (nSPS) is 12.8. The topological polar surface area (TPSA) is 83.1 Å². The maximum atomic E-state index is 14.6. The van der Waals surface area contributed by atoms with E-state index in [1.54, 1.807) is 48.7 Å². The molecule has 10 heteroatoms. The summed E-state index contributed by atoms with van der Waals surface area (Å²) in [7, 11) is 0. The van der Waals surface area contributed by atoms with Crippen molar-refractivity contribution in [3.8, 4) is 5.69 Å². The maximum absolute atomic E-state index is 14.6. The van der Waals surface area contributed by atoms with Crippen molar-refractivity contribution in [2.75, 3.05) is 11.9 Å². The molecule has 0 amide bonds. The second-order valence-corrected chi connectivity index (χ2v) is 11.9. The number of rotatable bonds is 14. The van der Waals surface area contributed by atoms with E-state index < -0.39 is 36.1 Å². The van der Waals surface area contributed by atoms with Crippen LogP contribution in [0, 0.1) is 23.0 Å². The molecule has 0 aliphatic rings. The van der Waals surface area contributed by atoms with Gasteiger partial charge in [0.05, 0.1) is 28.8 Å². The van der Waals surface area contributed by atoms with E-state index in [9.17, 15) is 22.4 Å². The van der Waals surface area contributed by atoms with Gasteiger partial charge in [0.15, 0.2) is 0 Å². The number of nitrogens with one attached hydrogen (secondary N) is 2. The van der Waals surface area contributed by atoms with Crippen LogP contribution in [0.25, 0.3) is 16.6 Å². The van der Waals surface area contributed by atoms with Gasteiger partial charge in [-0.1, -0.05) is 52.5 Å². The molecule has 1 aromatic heterocycles. The number of allylic oxidation sites excluding steroid dienone is 2. The van der Waals surface area contributed by atoms with Gasteiger partial charge in [-0.05, 0) is 85.2 Å². The van der Waals surface area contributed by atoms with Crippen LogP contribution in [0.15, 0.2) is 83.2 Å². The Kier molecular flexibility index (Phi) is 11.9. The predicted molar refractivity (Wildman–Crippen MR) is 188 cm³/mol. The number of aliphatic imine (C=N–C) groups is 1. The number of anilines is 1. The second-order valence-electron chi connectivity index (χ2n) is 11.9. The molecule has 0 saturated heterocycles. The molecule has 1 atom stereocenters. The smallest absolute Gasteiger partial charge is 0.266 e. The van der Waals surface area contributed by atoms with E-state index in [1.807, 2.05) is 34.6 Å². The summed E-state index contributed by atoms with van der Waals surface area (Å²) >= 11 is 0. The summed E-state index contributed by atoms with van der Waals surface area (Å²) in [5, 5.41) is 11.9. The molecule has 0 radical (unpaired) electrons. The minimum atomic E-state index is -2.70. The lowest BCUT2D eigenvalue weighted by Crippen LogP contribution is -2.30. The molecule has 1 unspecified atom stereocenters. The Labute approximate surface area is 278 Å². The highest BCUT2D eigenvalue weighted by molar-refractivity contribution is 6.06. The summed E-state index contributed by atoms with van der Waals surface area (Å²) in [6.45, 7) is 12.3. The van der Waals surface area contributed by atoms with Gasteiger partial charge in [0.25, 0.3) is 12.0 Å². The van der Waals surface area contributed by atoms with Crippen molar-refractivity contribution in [2.45, 2.75) is 66.2 Å². The molecule has 4 rings (SSSR count). The van der Waals surface area contributed by atoms with Gasteiger partial charge in [0.2, 0.25) is 0 Å². The Morgan fingerprint density at radius 1 is 1.08 bits per heavy atom. The third-order valence-corrected chi connectivity index (χ3v) is 8.30. The average Bonchev–Trinajstić information content (AvgIpc) is 3.04. The molecule has 0 spiro atoms. The molecule has 1 heterocycles. The van der Waals surface area contributed by atoms with Crippen LogP contribution in [0.3, 0.4) is 0 Å². The van der Waals surface area contributed by atoms with Crippen molar-refractivity contribution in [3.05, 3.63) is 124 Å². The fourth-order valence-electron chi connectivity index (χ4n) is 5.80. The van der Waals surface area contributed by atoms with Gasteiger partial charge >= 0.3 is 0 Å². The van der Waals surface area contributed by atoms with Gasteiger partial charge in [-0.2, -0.15) is 0 Å². The van der Waals surface area contributed by atoms with Gasteiger partial charge in [-0.15, -0.1) is 0 Å². The van der Waals surface area contributed by atoms with Crippen molar-refractivity contribution in [1.29, 1.82) is 5.41 Å². The molecule has 0 aliphatic heterocycles. The van der Waals surface area contributed by atoms with E-state index in [-0.39, 0.29) is 34.8 Å². The predicted octanol–water partition coefficient (Wildman–Crippen LogP) is 9.17. The Morgan fingerprint density at radius 3 is 2.40 bits per heavy atom. The van der Waals surface area contributed by atoms with Crippen molar-refractivity contribution in [3.63, 3.8) is 0 Å². The third-order valence-electron chi connectivity index (χ3n) is 8.30. The standard InChI is InChI=1S/C38H41F4N5O/c1-7-10-15-44-23(6)26-11-13-29-32(19-26)46-37(30(22(4)5)18-24-16-27(39)20-28(40)17-24)47(38(29)48)33-14-12-25(8-2)35(31(43)9-3)36(33)45-21-34(41)42/h7,10-17,19-20,22,30,34,43,45H,1,8-9,18,21H2,2-6H3/b15-10-,43-31?,44-23+. The zero-order valence-electron chi connectivity index (χ0n) is 27.9. The molecule has 0 aliphatic carbocycles. The molecule has 3 aromatic carbocycles. The first-order valence-electron chi connectivity index (χ1n) is 16.0. The minimum Gasteiger partial charge on any atom is -0.377 e. The molecule has 0 saturated carbocycles. The molecule has 0 bridgehead atoms. The Balaban J connectivity index is 2.12. The monoisotopic (exact) mass is 659 g/mol. The highest BCUT2D eigenvalue weighted by Gasteiger charge is 2.28. The zero-order chi connectivity index (χ0) is 35.1. The number of hydrogen-bond donors (Lipinski definition) is 2. The molecular formula is C38H41F4N5O. The van der Waals surface area contributed by atoms with Crippen LogP contribution >= 0.6 is 0 Å². The third kappa shape index (κ3) is 7.98. The zero-order valence-corrected chi connectivity index (χ0v) is 27.9. The number of alkyl halides is 2. The molecule has 0 fully saturated rings. The van der Waals surface area contributed by atoms with Gasteiger partial charge in [0, 0.05) is 35.2 Å². The van der Waals surface area contributed by atoms with Gasteiger partial charge in [-0.3, -0.25) is 14.4 Å². The van der Waals surface area contributed by atoms with Gasteiger partial charge in [-0.25, -0.2) is 22.5 Å². The number of hydrogen-bond acceptors (Lipinski definition) is 5. The van der Waals surface area contributed by atoms with Crippen LogP contribution in [0.1, 0.15) is 75.0 Å². The fourth-order valence-corrected chi connectivity index (χ4v) is 5.80. The Hall–Kier alpha value is -4.86. The van der Waals surface area contributed by atoms with Crippen molar-refractivity contribution < 1.29 is 17.6 Å². The molecule has 6 nitrogen and oxygen atoms in total. The van der Waals surface area contributed by atoms with Crippen molar-refractivity contribution >= 4 is 28.0 Å². The van der Waals surface area contributed by atoms with Gasteiger partial charge in [0.1, 0.15) is 17.5 Å². The van der Waals surface area contributed by atoms with E-state index >= 15 is 0 Å². The van der Waals surface area contributed by atoms with Gasteiger partial charge < -0.3 is 10.7 Å². The van der Waals surface area contributed by atoms with Crippen molar-refractivity contribution in [2.24, 2.45) is 10.9 Å². The number of aromatic nitrogens is 2. The number of nitrogens with zero attached hydrogens (tertiary/aromatic N) is 3. The lowest BCUT2D eigenvalue weighted by Gasteiger charge is -2.27. The van der Waals surface area contributed by atoms with Crippen LogP contribution in [-0.2, 0) is 12.8 Å². The molecule has 252 valence electrons. The Bertz CT molecular complexity index is 1920. The quantitative estimate of drug-likeness (QED) is 0.0805. The van der Waals surface area contributed by atoms with E-state index in [0.29, 0.717) is 41.0 Å². The summed E-state index contributed by atoms with van der Waals surface area (Å²) in [6.07, 6.45) is 3.21. The molecule has 2 N–H and O–H groups in total. The summed E-state index contributed by atoms with van der Waals surface area (Å²) in [6, 6.07) is 12.0. The lowest BCUT2D eigenvalue weighted by atomic mass is 9.87. The summed E-state index contributed by atoms with van der Waals surface area (Å²) in [5.41, 5.74) is 3.68. The minimum absolute atomic E-state index is 0.140. The van der Waals surface area contributed by atoms with Crippen LogP contribution < -0.4 is 10.9 Å². The van der Waals surface area contributed by atoms with E-state index in [4.69, 9.17) is 10.4 Å². The molecule has 48 heavy (non-hydrogen) atoms. The van der Waals surface area contributed by atoms with Crippen LogP contribution in [0.4, 0.5) is 23.2 Å². The SMILES string of the molecule is C=C/C=C\N=C(/C)c1ccc2c(=O)n(-c3ccc(CC)c(C(=N)CC)c3NCC(F)F)c(C(Cc3cc(F)cc(F)c3)C(C)C)nc2c1. The molecular weight excluding hydrogens is 618 g/mol. The highest BCUT2D eigenvalue weighted by atomic mass is 19.3. The lowest BCUT2D eigenvalue weighted by molar-refractivity contribution is 0.163.